The third-order valence-electron chi connectivity index (χ3n) is 3.25. The molecule has 0 aliphatic carbocycles. The zero-order valence-electron chi connectivity index (χ0n) is 10.9. The van der Waals surface area contributed by atoms with Crippen LogP contribution in [0.5, 0.6) is 5.75 Å². The molecule has 7 heteroatoms. The first-order valence-electron chi connectivity index (χ1n) is 6.00. The predicted molar refractivity (Wildman–Crippen MR) is 80.5 cm³/mol. The summed E-state index contributed by atoms with van der Waals surface area (Å²) >= 11 is 0. The maximum Gasteiger partial charge on any atom is 0.120 e. The number of rotatable bonds is 3. The maximum absolute atomic E-state index is 13.3. The van der Waals surface area contributed by atoms with Crippen molar-refractivity contribution in [3.8, 4) is 11.8 Å². The van der Waals surface area contributed by atoms with E-state index in [1.54, 1.807) is 6.07 Å². The number of phenols is 1. The molecule has 0 bridgehead atoms. The van der Waals surface area contributed by atoms with E-state index in [2.05, 4.69) is 5.32 Å². The van der Waals surface area contributed by atoms with Crippen LogP contribution in [0.1, 0.15) is 17.2 Å². The lowest BCUT2D eigenvalue weighted by molar-refractivity contribution is 0.145. The van der Waals surface area contributed by atoms with E-state index in [1.165, 1.54) is 12.1 Å². The summed E-state index contributed by atoms with van der Waals surface area (Å²) in [4.78, 5) is 1.99. The highest BCUT2D eigenvalue weighted by atomic mass is 35.5. The second kappa shape index (κ2) is 8.98. The molecular weight excluding hydrogens is 304 g/mol. The van der Waals surface area contributed by atoms with Gasteiger partial charge in [0.1, 0.15) is 12.4 Å². The van der Waals surface area contributed by atoms with Crippen molar-refractivity contribution in [2.75, 3.05) is 32.9 Å². The molecule has 1 saturated heterocycles. The molecule has 0 unspecified atom stereocenters. The van der Waals surface area contributed by atoms with E-state index in [4.69, 9.17) is 5.26 Å². The fraction of sp³-hybridized carbons (Fsp3) is 0.462. The molecule has 0 spiro atoms. The van der Waals surface area contributed by atoms with Gasteiger partial charge in [-0.1, -0.05) is 0 Å². The average molecular weight is 322 g/mol. The van der Waals surface area contributed by atoms with Gasteiger partial charge >= 0.3 is 0 Å². The van der Waals surface area contributed by atoms with Crippen molar-refractivity contribution in [2.45, 2.75) is 6.04 Å². The van der Waals surface area contributed by atoms with E-state index in [9.17, 15) is 9.50 Å². The van der Waals surface area contributed by atoms with Crippen LogP contribution in [0.3, 0.4) is 0 Å². The Morgan fingerprint density at radius 2 is 2.00 bits per heavy atom. The van der Waals surface area contributed by atoms with Crippen molar-refractivity contribution < 1.29 is 9.50 Å². The highest BCUT2D eigenvalue weighted by Gasteiger charge is 2.24. The molecule has 1 aliphatic rings. The highest BCUT2D eigenvalue weighted by molar-refractivity contribution is 5.85. The lowest BCUT2D eigenvalue weighted by atomic mass is 10.0. The van der Waals surface area contributed by atoms with Gasteiger partial charge in [-0.05, 0) is 18.2 Å². The Hall–Kier alpha value is -1.06. The first-order chi connectivity index (χ1) is 8.76. The van der Waals surface area contributed by atoms with Crippen LogP contribution in [0.15, 0.2) is 18.2 Å². The number of phenolic OH excluding ortho intramolecular Hbond substituents is 1. The van der Waals surface area contributed by atoms with Crippen molar-refractivity contribution in [3.05, 3.63) is 29.3 Å². The Bertz CT molecular complexity index is 461. The number of nitrogens with one attached hydrogen (secondary N) is 1. The van der Waals surface area contributed by atoms with Gasteiger partial charge in [-0.2, -0.15) is 5.26 Å². The number of benzene rings is 1. The van der Waals surface area contributed by atoms with Crippen LogP contribution in [0.25, 0.3) is 0 Å². The molecule has 4 nitrogen and oxygen atoms in total. The summed E-state index contributed by atoms with van der Waals surface area (Å²) in [7, 11) is 0. The fourth-order valence-electron chi connectivity index (χ4n) is 2.26. The summed E-state index contributed by atoms with van der Waals surface area (Å²) in [6, 6.07) is 6.10. The summed E-state index contributed by atoms with van der Waals surface area (Å²) in [5.41, 5.74) is 0.940. The molecule has 1 heterocycles. The van der Waals surface area contributed by atoms with E-state index >= 15 is 0 Å². The summed E-state index contributed by atoms with van der Waals surface area (Å²) in [5, 5.41) is 21.9. The van der Waals surface area contributed by atoms with Gasteiger partial charge in [-0.25, -0.2) is 4.39 Å². The Morgan fingerprint density at radius 1 is 1.35 bits per heavy atom. The first kappa shape index (κ1) is 18.9. The van der Waals surface area contributed by atoms with Gasteiger partial charge in [0.15, 0.2) is 0 Å². The highest BCUT2D eigenvalue weighted by Crippen LogP contribution is 2.30. The lowest BCUT2D eigenvalue weighted by Crippen LogP contribution is -2.45. The van der Waals surface area contributed by atoms with Crippen LogP contribution in [-0.2, 0) is 0 Å². The number of hydrogen-bond acceptors (Lipinski definition) is 4. The molecule has 0 aromatic heterocycles. The molecule has 0 radical (unpaired) electrons. The van der Waals surface area contributed by atoms with Gasteiger partial charge in [-0.3, -0.25) is 4.90 Å². The van der Waals surface area contributed by atoms with Crippen molar-refractivity contribution >= 4 is 24.8 Å². The quantitative estimate of drug-likeness (QED) is 0.894. The van der Waals surface area contributed by atoms with Crippen LogP contribution in [0, 0.1) is 11.3 Å². The minimum atomic E-state index is -0.567. The molecular formula is C13H18Cl2FN3O. The van der Waals surface area contributed by atoms with Crippen molar-refractivity contribution in [1.29, 1.82) is 5.26 Å². The van der Waals surface area contributed by atoms with Crippen LogP contribution in [0.2, 0.25) is 0 Å². The molecule has 2 rings (SSSR count). The standard InChI is InChI=1S/C13H16FN3O.2ClH/c14-8-12(17-5-3-16-4-6-17)11-7-10(9-15)1-2-13(11)18;;/h1-2,7,12,16,18H,3-6,8H2;2*1H/t12-;;/m1../s1. The summed E-state index contributed by atoms with van der Waals surface area (Å²) in [6.45, 7) is 2.54. The second-order valence-electron chi connectivity index (χ2n) is 4.34. The van der Waals surface area contributed by atoms with Gasteiger partial charge in [0.25, 0.3) is 0 Å². The van der Waals surface area contributed by atoms with Crippen molar-refractivity contribution in [2.24, 2.45) is 0 Å². The van der Waals surface area contributed by atoms with E-state index in [-0.39, 0.29) is 30.6 Å². The van der Waals surface area contributed by atoms with E-state index < -0.39 is 12.7 Å². The van der Waals surface area contributed by atoms with Crippen molar-refractivity contribution in [1.82, 2.24) is 10.2 Å². The largest absolute Gasteiger partial charge is 0.508 e. The number of piperazine rings is 1. The monoisotopic (exact) mass is 321 g/mol. The molecule has 0 saturated carbocycles. The number of nitriles is 1. The third kappa shape index (κ3) is 4.22. The van der Waals surface area contributed by atoms with Gasteiger partial charge in [0.05, 0.1) is 17.7 Å². The van der Waals surface area contributed by atoms with Crippen molar-refractivity contribution in [3.63, 3.8) is 0 Å². The smallest absolute Gasteiger partial charge is 0.120 e. The Kier molecular flexibility index (Phi) is 8.51. The number of halogens is 3. The maximum atomic E-state index is 13.3. The zero-order chi connectivity index (χ0) is 13.0. The lowest BCUT2D eigenvalue weighted by Gasteiger charge is -2.33. The molecule has 112 valence electrons. The molecule has 2 N–H and O–H groups in total. The summed E-state index contributed by atoms with van der Waals surface area (Å²) in [5.74, 6) is 0.0511. The van der Waals surface area contributed by atoms with Gasteiger partial charge in [0.2, 0.25) is 0 Å². The summed E-state index contributed by atoms with van der Waals surface area (Å²) in [6.07, 6.45) is 0. The topological polar surface area (TPSA) is 59.3 Å². The molecule has 1 atom stereocenters. The second-order valence-corrected chi connectivity index (χ2v) is 4.34. The van der Waals surface area contributed by atoms with Crippen LogP contribution in [0.4, 0.5) is 4.39 Å². The van der Waals surface area contributed by atoms with E-state index in [0.717, 1.165) is 26.2 Å². The first-order valence-corrected chi connectivity index (χ1v) is 6.00. The third-order valence-corrected chi connectivity index (χ3v) is 3.25. The van der Waals surface area contributed by atoms with Gasteiger partial charge in [0, 0.05) is 31.7 Å². The Labute approximate surface area is 130 Å². The molecule has 20 heavy (non-hydrogen) atoms. The Balaban J connectivity index is 0.00000180. The molecule has 1 aromatic rings. The fourth-order valence-corrected chi connectivity index (χ4v) is 2.26. The molecule has 0 amide bonds. The number of aromatic hydroxyl groups is 1. The summed E-state index contributed by atoms with van der Waals surface area (Å²) < 4.78 is 13.3. The normalized spacial score (nSPS) is 16.4. The minimum absolute atomic E-state index is 0. The minimum Gasteiger partial charge on any atom is -0.508 e. The van der Waals surface area contributed by atoms with Gasteiger partial charge in [-0.15, -0.1) is 24.8 Å². The van der Waals surface area contributed by atoms with Crippen LogP contribution >= 0.6 is 24.8 Å². The zero-order valence-corrected chi connectivity index (χ0v) is 12.5. The predicted octanol–water partition coefficient (Wildman–Crippen LogP) is 2.02. The number of hydrogen-bond donors (Lipinski definition) is 2. The SMILES string of the molecule is Cl.Cl.N#Cc1ccc(O)c([C@@H](CF)N2CCNCC2)c1. The number of nitrogens with zero attached hydrogens (tertiary/aromatic N) is 2. The number of alkyl halides is 1. The average Bonchev–Trinajstić information content (AvgIpc) is 2.43. The van der Waals surface area contributed by atoms with E-state index in [0.29, 0.717) is 11.1 Å². The van der Waals surface area contributed by atoms with Crippen LogP contribution < -0.4 is 5.32 Å². The Morgan fingerprint density at radius 3 is 2.55 bits per heavy atom. The van der Waals surface area contributed by atoms with Crippen LogP contribution in [-0.4, -0.2) is 42.9 Å². The van der Waals surface area contributed by atoms with E-state index in [1.807, 2.05) is 11.0 Å². The van der Waals surface area contributed by atoms with Gasteiger partial charge < -0.3 is 10.4 Å². The molecule has 1 aromatic carbocycles. The molecule has 1 aliphatic heterocycles. The molecule has 1 fully saturated rings.